The van der Waals surface area contributed by atoms with Crippen molar-refractivity contribution in [1.29, 1.82) is 0 Å². The first kappa shape index (κ1) is 15.0. The third-order valence-corrected chi connectivity index (χ3v) is 4.08. The summed E-state index contributed by atoms with van der Waals surface area (Å²) in [5.74, 6) is -0.234. The molecule has 3 nitrogen and oxygen atoms in total. The van der Waals surface area contributed by atoms with Gasteiger partial charge in [-0.15, -0.1) is 0 Å². The summed E-state index contributed by atoms with van der Waals surface area (Å²) in [6.45, 7) is 0. The molecule has 0 fully saturated rings. The smallest absolute Gasteiger partial charge is 0.255 e. The molecule has 2 rings (SSSR count). The zero-order valence-electron chi connectivity index (χ0n) is 10.2. The Labute approximate surface area is 135 Å². The Balaban J connectivity index is 2.14. The molecule has 2 aromatic rings. The van der Waals surface area contributed by atoms with E-state index in [-0.39, 0.29) is 5.91 Å². The van der Waals surface area contributed by atoms with Gasteiger partial charge in [0.1, 0.15) is 4.99 Å². The van der Waals surface area contributed by atoms with Gasteiger partial charge >= 0.3 is 0 Å². The Kier molecular flexibility index (Phi) is 4.75. The fourth-order valence-corrected chi connectivity index (χ4v) is 2.12. The highest BCUT2D eigenvalue weighted by molar-refractivity contribution is 9.10. The molecule has 0 heterocycles. The number of carbonyl (C=O) groups excluding carboxylic acids is 1. The van der Waals surface area contributed by atoms with E-state index < -0.39 is 0 Å². The minimum absolute atomic E-state index is 0.234. The van der Waals surface area contributed by atoms with Gasteiger partial charge in [0.05, 0.1) is 5.02 Å². The average molecular weight is 370 g/mol. The highest BCUT2D eigenvalue weighted by atomic mass is 79.9. The van der Waals surface area contributed by atoms with Crippen LogP contribution in [-0.4, -0.2) is 10.9 Å². The monoisotopic (exact) mass is 368 g/mol. The Morgan fingerprint density at radius 2 is 1.75 bits per heavy atom. The molecule has 0 aliphatic rings. The van der Waals surface area contributed by atoms with Crippen molar-refractivity contribution in [3.05, 3.63) is 63.1 Å². The summed E-state index contributed by atoms with van der Waals surface area (Å²) in [7, 11) is 0. The van der Waals surface area contributed by atoms with E-state index in [1.807, 2.05) is 0 Å². The molecule has 20 heavy (non-hydrogen) atoms. The zero-order valence-corrected chi connectivity index (χ0v) is 13.3. The lowest BCUT2D eigenvalue weighted by Crippen LogP contribution is -2.13. The Morgan fingerprint density at radius 3 is 2.30 bits per heavy atom. The van der Waals surface area contributed by atoms with E-state index in [9.17, 15) is 4.79 Å². The predicted octanol–water partition coefficient (Wildman–Crippen LogP) is 3.99. The number of rotatable bonds is 3. The number of anilines is 1. The van der Waals surface area contributed by atoms with E-state index in [0.717, 1.165) is 10.0 Å². The SMILES string of the molecule is NC(=S)c1ccc(NC(=O)c2ccc(Br)c(Cl)c2)cc1. The predicted molar refractivity (Wildman–Crippen MR) is 89.4 cm³/mol. The van der Waals surface area contributed by atoms with Gasteiger partial charge in [-0.25, -0.2) is 0 Å². The van der Waals surface area contributed by atoms with Crippen molar-refractivity contribution in [2.45, 2.75) is 0 Å². The summed E-state index contributed by atoms with van der Waals surface area (Å²) < 4.78 is 0.747. The number of hydrogen-bond acceptors (Lipinski definition) is 2. The maximum absolute atomic E-state index is 12.1. The topological polar surface area (TPSA) is 55.1 Å². The van der Waals surface area contributed by atoms with Crippen LogP contribution in [0.4, 0.5) is 5.69 Å². The van der Waals surface area contributed by atoms with E-state index in [0.29, 0.717) is 21.3 Å². The highest BCUT2D eigenvalue weighted by Crippen LogP contribution is 2.23. The van der Waals surface area contributed by atoms with Gasteiger partial charge in [-0.2, -0.15) is 0 Å². The number of amides is 1. The number of hydrogen-bond donors (Lipinski definition) is 2. The van der Waals surface area contributed by atoms with E-state index >= 15 is 0 Å². The summed E-state index contributed by atoms with van der Waals surface area (Å²) in [5.41, 5.74) is 7.41. The van der Waals surface area contributed by atoms with Crippen LogP contribution in [0.25, 0.3) is 0 Å². The fourth-order valence-electron chi connectivity index (χ4n) is 1.56. The molecule has 102 valence electrons. The van der Waals surface area contributed by atoms with Crippen LogP contribution in [0.2, 0.25) is 5.02 Å². The van der Waals surface area contributed by atoms with E-state index in [4.69, 9.17) is 29.6 Å². The van der Waals surface area contributed by atoms with E-state index in [1.54, 1.807) is 42.5 Å². The summed E-state index contributed by atoms with van der Waals surface area (Å²) in [4.78, 5) is 12.4. The van der Waals surface area contributed by atoms with E-state index in [2.05, 4.69) is 21.2 Å². The van der Waals surface area contributed by atoms with Gasteiger partial charge < -0.3 is 11.1 Å². The minimum atomic E-state index is -0.234. The minimum Gasteiger partial charge on any atom is -0.389 e. The lowest BCUT2D eigenvalue weighted by molar-refractivity contribution is 0.102. The molecule has 0 aliphatic carbocycles. The summed E-state index contributed by atoms with van der Waals surface area (Å²) >= 11 is 14.1. The molecule has 0 unspecified atom stereocenters. The molecule has 6 heteroatoms. The van der Waals surface area contributed by atoms with Crippen molar-refractivity contribution >= 4 is 56.3 Å². The molecule has 3 N–H and O–H groups in total. The standard InChI is InChI=1S/C14H10BrClN2OS/c15-11-6-3-9(7-12(11)16)14(19)18-10-4-1-8(2-5-10)13(17)20/h1-7H,(H2,17,20)(H,18,19). The molecule has 0 atom stereocenters. The first-order valence-electron chi connectivity index (χ1n) is 5.63. The number of benzene rings is 2. The Hall–Kier alpha value is -1.43. The number of halogens is 2. The van der Waals surface area contributed by atoms with Crippen molar-refractivity contribution < 1.29 is 4.79 Å². The Bertz CT molecular complexity index is 673. The molecule has 0 bridgehead atoms. The largest absolute Gasteiger partial charge is 0.389 e. The van der Waals surface area contributed by atoms with Gasteiger partial charge in [-0.3, -0.25) is 4.79 Å². The van der Waals surface area contributed by atoms with Crippen LogP contribution >= 0.6 is 39.7 Å². The van der Waals surface area contributed by atoms with Gasteiger partial charge in [-0.1, -0.05) is 23.8 Å². The van der Waals surface area contributed by atoms with Crippen molar-refractivity contribution in [1.82, 2.24) is 0 Å². The second-order valence-corrected chi connectivity index (χ2v) is 5.73. The van der Waals surface area contributed by atoms with Crippen LogP contribution in [0.1, 0.15) is 15.9 Å². The number of nitrogens with two attached hydrogens (primary N) is 1. The van der Waals surface area contributed by atoms with Crippen molar-refractivity contribution in [3.63, 3.8) is 0 Å². The molecule has 0 saturated heterocycles. The lowest BCUT2D eigenvalue weighted by Gasteiger charge is -2.07. The normalized spacial score (nSPS) is 10.1. The third-order valence-electron chi connectivity index (χ3n) is 2.61. The lowest BCUT2D eigenvalue weighted by atomic mass is 10.2. The highest BCUT2D eigenvalue weighted by Gasteiger charge is 2.08. The summed E-state index contributed by atoms with van der Waals surface area (Å²) in [5, 5.41) is 3.26. The van der Waals surface area contributed by atoms with Crippen LogP contribution in [0.15, 0.2) is 46.9 Å². The molecular formula is C14H10BrClN2OS. The summed E-state index contributed by atoms with van der Waals surface area (Å²) in [6, 6.07) is 12.0. The zero-order chi connectivity index (χ0) is 14.7. The van der Waals surface area contributed by atoms with Gasteiger partial charge in [0.15, 0.2) is 0 Å². The van der Waals surface area contributed by atoms with Crippen LogP contribution in [0, 0.1) is 0 Å². The van der Waals surface area contributed by atoms with Gasteiger partial charge in [0, 0.05) is 21.3 Å². The van der Waals surface area contributed by atoms with Gasteiger partial charge in [0.25, 0.3) is 5.91 Å². The van der Waals surface area contributed by atoms with Crippen molar-refractivity contribution in [2.24, 2.45) is 5.73 Å². The third kappa shape index (κ3) is 3.56. The molecule has 1 amide bonds. The second kappa shape index (κ2) is 6.35. The molecule has 0 aliphatic heterocycles. The maximum atomic E-state index is 12.1. The first-order chi connectivity index (χ1) is 9.47. The summed E-state index contributed by atoms with van der Waals surface area (Å²) in [6.07, 6.45) is 0. The van der Waals surface area contributed by atoms with Crippen LogP contribution in [0.5, 0.6) is 0 Å². The molecule has 0 aromatic heterocycles. The van der Waals surface area contributed by atoms with Gasteiger partial charge in [0.2, 0.25) is 0 Å². The average Bonchev–Trinajstić information content (AvgIpc) is 2.42. The molecule has 2 aromatic carbocycles. The Morgan fingerprint density at radius 1 is 1.15 bits per heavy atom. The molecular weight excluding hydrogens is 360 g/mol. The van der Waals surface area contributed by atoms with Gasteiger partial charge in [-0.05, 0) is 58.4 Å². The molecule has 0 radical (unpaired) electrons. The van der Waals surface area contributed by atoms with Crippen LogP contribution < -0.4 is 11.1 Å². The van der Waals surface area contributed by atoms with Crippen molar-refractivity contribution in [3.8, 4) is 0 Å². The second-order valence-electron chi connectivity index (χ2n) is 4.02. The number of thiocarbonyl (C=S) groups is 1. The van der Waals surface area contributed by atoms with Crippen molar-refractivity contribution in [2.75, 3.05) is 5.32 Å². The van der Waals surface area contributed by atoms with Crippen LogP contribution in [0.3, 0.4) is 0 Å². The fraction of sp³-hybridized carbons (Fsp3) is 0. The van der Waals surface area contributed by atoms with Crippen LogP contribution in [-0.2, 0) is 0 Å². The molecule has 0 saturated carbocycles. The van der Waals surface area contributed by atoms with E-state index in [1.165, 1.54) is 0 Å². The maximum Gasteiger partial charge on any atom is 0.255 e. The number of carbonyl (C=O) groups is 1. The first-order valence-corrected chi connectivity index (χ1v) is 7.21. The quantitative estimate of drug-likeness (QED) is 0.804. The molecule has 0 spiro atoms. The number of nitrogens with one attached hydrogen (secondary N) is 1.